The molecule has 42 heavy (non-hydrogen) atoms. The molecule has 4 rings (SSSR count). The number of aromatic nitrogens is 2. The number of aliphatic carboxylic acids is 4. The van der Waals surface area contributed by atoms with Crippen molar-refractivity contribution in [2.24, 2.45) is 11.5 Å². The summed E-state index contributed by atoms with van der Waals surface area (Å²) in [7, 11) is 0. The normalized spacial score (nSPS) is 15.5. The number of para-hydroxylation sites is 2. The summed E-state index contributed by atoms with van der Waals surface area (Å²) in [6.07, 6.45) is 1.60. The first-order valence-corrected chi connectivity index (χ1v) is 12.6. The molecule has 14 heteroatoms. The first-order valence-electron chi connectivity index (χ1n) is 12.6. The van der Waals surface area contributed by atoms with E-state index in [1.54, 1.807) is 36.7 Å². The minimum absolute atomic E-state index is 0.229. The number of carbonyl (C=O) groups is 4. The van der Waals surface area contributed by atoms with Crippen molar-refractivity contribution in [3.05, 3.63) is 72.1 Å². The molecular weight excluding hydrogens is 552 g/mol. The Morgan fingerprint density at radius 3 is 1.29 bits per heavy atom. The molecule has 12 N–H and O–H groups in total. The van der Waals surface area contributed by atoms with Gasteiger partial charge in [0.15, 0.2) is 11.2 Å². The molecule has 14 nitrogen and oxygen atoms in total. The van der Waals surface area contributed by atoms with Crippen molar-refractivity contribution in [1.29, 1.82) is 0 Å². The van der Waals surface area contributed by atoms with Gasteiger partial charge in [-0.25, -0.2) is 9.59 Å². The van der Waals surface area contributed by atoms with Gasteiger partial charge in [-0.05, 0) is 23.3 Å². The molecule has 0 aliphatic rings. The van der Waals surface area contributed by atoms with Crippen molar-refractivity contribution in [3.8, 4) is 0 Å². The standard InChI is InChI=1S/2C14H16N2O5/c2*15-10(12(17)18)6-14(21,13(19)20)5-8-7-16-11-4-2-1-3-9(8)11/h2*1-4,7,10,16,21H,5-6,15H2,(H,17,18)(H,19,20)/t2*10-,14+/m10/s1. The number of H-pyrrole nitrogens is 2. The predicted octanol–water partition coefficient (Wildman–Crippen LogP) is 0.656. The number of carboxylic acid groups (broad SMARTS) is 4. The molecule has 0 radical (unpaired) electrons. The molecule has 0 aliphatic heterocycles. The third-order valence-electron chi connectivity index (χ3n) is 6.86. The van der Waals surface area contributed by atoms with Crippen LogP contribution < -0.4 is 11.5 Å². The van der Waals surface area contributed by atoms with Gasteiger partial charge in [0.2, 0.25) is 0 Å². The highest BCUT2D eigenvalue weighted by molar-refractivity contribution is 5.87. The zero-order chi connectivity index (χ0) is 31.2. The Hall–Kier alpha value is -4.76. The monoisotopic (exact) mass is 584 g/mol. The van der Waals surface area contributed by atoms with E-state index >= 15 is 0 Å². The lowest BCUT2D eigenvalue weighted by atomic mass is 9.88. The zero-order valence-corrected chi connectivity index (χ0v) is 22.2. The number of carboxylic acids is 4. The van der Waals surface area contributed by atoms with Crippen LogP contribution in [0.15, 0.2) is 60.9 Å². The Bertz CT molecular complexity index is 1480. The number of fused-ring (bicyclic) bond motifs is 2. The molecule has 0 saturated heterocycles. The van der Waals surface area contributed by atoms with Crippen molar-refractivity contribution in [2.45, 2.75) is 49.0 Å². The minimum Gasteiger partial charge on any atom is -0.480 e. The van der Waals surface area contributed by atoms with Crippen molar-refractivity contribution in [2.75, 3.05) is 0 Å². The number of nitrogens with two attached hydrogens (primary N) is 2. The molecule has 0 unspecified atom stereocenters. The second-order valence-electron chi connectivity index (χ2n) is 10.0. The van der Waals surface area contributed by atoms with Gasteiger partial charge in [0.05, 0.1) is 0 Å². The lowest BCUT2D eigenvalue weighted by Gasteiger charge is -2.24. The van der Waals surface area contributed by atoms with Gasteiger partial charge in [0, 0.05) is 59.9 Å². The van der Waals surface area contributed by atoms with E-state index in [2.05, 4.69) is 9.97 Å². The van der Waals surface area contributed by atoms with Crippen LogP contribution in [-0.2, 0) is 32.0 Å². The summed E-state index contributed by atoms with van der Waals surface area (Å²) in [6, 6.07) is 11.6. The summed E-state index contributed by atoms with van der Waals surface area (Å²) in [5.74, 6) is -5.70. The van der Waals surface area contributed by atoms with Crippen molar-refractivity contribution < 1.29 is 49.8 Å². The van der Waals surface area contributed by atoms with E-state index in [1.165, 1.54) is 0 Å². The van der Waals surface area contributed by atoms with Gasteiger partial charge in [0.1, 0.15) is 12.1 Å². The molecular formula is C28H32N4O10. The van der Waals surface area contributed by atoms with Crippen molar-refractivity contribution in [3.63, 3.8) is 0 Å². The van der Waals surface area contributed by atoms with Gasteiger partial charge >= 0.3 is 23.9 Å². The Balaban J connectivity index is 0.000000230. The second-order valence-corrected chi connectivity index (χ2v) is 10.0. The van der Waals surface area contributed by atoms with Gasteiger partial charge in [-0.15, -0.1) is 0 Å². The maximum absolute atomic E-state index is 11.3. The number of nitrogens with one attached hydrogen (secondary N) is 2. The molecule has 0 spiro atoms. The quantitative estimate of drug-likeness (QED) is 0.110. The van der Waals surface area contributed by atoms with Gasteiger partial charge in [0.25, 0.3) is 0 Å². The van der Waals surface area contributed by atoms with E-state index in [4.69, 9.17) is 21.7 Å². The molecule has 2 heterocycles. The number of hydrogen-bond acceptors (Lipinski definition) is 8. The maximum atomic E-state index is 11.3. The predicted molar refractivity (Wildman–Crippen MR) is 150 cm³/mol. The highest BCUT2D eigenvalue weighted by Crippen LogP contribution is 2.27. The summed E-state index contributed by atoms with van der Waals surface area (Å²) in [6.45, 7) is 0. The molecule has 0 bridgehead atoms. The van der Waals surface area contributed by atoms with Crippen LogP contribution in [0.5, 0.6) is 0 Å². The smallest absolute Gasteiger partial charge is 0.336 e. The van der Waals surface area contributed by atoms with Gasteiger partial charge < -0.3 is 52.1 Å². The average molecular weight is 585 g/mol. The number of hydrogen-bond donors (Lipinski definition) is 10. The lowest BCUT2D eigenvalue weighted by molar-refractivity contribution is -0.161. The van der Waals surface area contributed by atoms with E-state index in [0.717, 1.165) is 21.8 Å². The Morgan fingerprint density at radius 2 is 0.976 bits per heavy atom. The highest BCUT2D eigenvalue weighted by atomic mass is 16.4. The molecule has 0 aliphatic carbocycles. The fourth-order valence-corrected chi connectivity index (χ4v) is 4.56. The van der Waals surface area contributed by atoms with E-state index in [1.807, 2.05) is 24.3 Å². The number of aliphatic hydroxyl groups is 2. The second kappa shape index (κ2) is 12.8. The van der Waals surface area contributed by atoms with Crippen LogP contribution in [0.2, 0.25) is 0 Å². The van der Waals surface area contributed by atoms with Crippen LogP contribution in [0, 0.1) is 0 Å². The maximum Gasteiger partial charge on any atom is 0.336 e. The molecule has 2 aromatic carbocycles. The third kappa shape index (κ3) is 7.30. The van der Waals surface area contributed by atoms with Crippen LogP contribution in [0.3, 0.4) is 0 Å². The Morgan fingerprint density at radius 1 is 0.643 bits per heavy atom. The fraction of sp³-hybridized carbons (Fsp3) is 0.286. The molecule has 0 fully saturated rings. The largest absolute Gasteiger partial charge is 0.480 e. The highest BCUT2D eigenvalue weighted by Gasteiger charge is 2.41. The van der Waals surface area contributed by atoms with Crippen LogP contribution in [0.1, 0.15) is 24.0 Å². The van der Waals surface area contributed by atoms with Crippen molar-refractivity contribution >= 4 is 45.7 Å². The Labute approximate surface area is 238 Å². The summed E-state index contributed by atoms with van der Waals surface area (Å²) >= 11 is 0. The van der Waals surface area contributed by atoms with Gasteiger partial charge in [-0.3, -0.25) is 9.59 Å². The first kappa shape index (κ1) is 31.8. The first-order chi connectivity index (χ1) is 19.7. The molecule has 2 aromatic heterocycles. The summed E-state index contributed by atoms with van der Waals surface area (Å²) in [5, 5.41) is 58.2. The molecule has 4 atom stereocenters. The molecule has 0 saturated carbocycles. The van der Waals surface area contributed by atoms with E-state index in [9.17, 15) is 39.6 Å². The SMILES string of the molecule is N[C@@H](C[C@](O)(Cc1c[nH]c2ccccc12)C(=O)O)C(=O)O.N[C@H](C[C@@](O)(Cc1c[nH]c2ccccc12)C(=O)O)C(=O)O. The lowest BCUT2D eigenvalue weighted by Crippen LogP contribution is -2.48. The summed E-state index contributed by atoms with van der Waals surface area (Å²) in [5.41, 5.74) is 9.03. The number of benzene rings is 2. The molecule has 224 valence electrons. The number of rotatable bonds is 12. The van der Waals surface area contributed by atoms with Gasteiger partial charge in [-0.2, -0.15) is 0 Å². The summed E-state index contributed by atoms with van der Waals surface area (Å²) in [4.78, 5) is 50.2. The minimum atomic E-state index is -2.23. The van der Waals surface area contributed by atoms with Crippen LogP contribution in [0.25, 0.3) is 21.8 Å². The summed E-state index contributed by atoms with van der Waals surface area (Å²) < 4.78 is 0. The topological polar surface area (TPSA) is 273 Å². The van der Waals surface area contributed by atoms with E-state index < -0.39 is 60.0 Å². The van der Waals surface area contributed by atoms with E-state index in [0.29, 0.717) is 11.1 Å². The van der Waals surface area contributed by atoms with E-state index in [-0.39, 0.29) is 12.8 Å². The van der Waals surface area contributed by atoms with Crippen LogP contribution in [0.4, 0.5) is 0 Å². The number of aromatic amines is 2. The molecule has 0 amide bonds. The van der Waals surface area contributed by atoms with Crippen molar-refractivity contribution in [1.82, 2.24) is 9.97 Å². The average Bonchev–Trinajstić information content (AvgIpc) is 3.52. The zero-order valence-electron chi connectivity index (χ0n) is 22.2. The fourth-order valence-electron chi connectivity index (χ4n) is 4.56. The van der Waals surface area contributed by atoms with Gasteiger partial charge in [-0.1, -0.05) is 36.4 Å². The third-order valence-corrected chi connectivity index (χ3v) is 6.86. The molecule has 4 aromatic rings. The van der Waals surface area contributed by atoms with Crippen LogP contribution in [-0.4, -0.2) is 87.8 Å². The van der Waals surface area contributed by atoms with Crippen LogP contribution >= 0.6 is 0 Å². The Kier molecular flexibility index (Phi) is 9.70.